The maximum Gasteiger partial charge on any atom is 0.228 e. The summed E-state index contributed by atoms with van der Waals surface area (Å²) in [5.41, 5.74) is 0. The van der Waals surface area contributed by atoms with Crippen LogP contribution in [-0.4, -0.2) is 62.3 Å². The van der Waals surface area contributed by atoms with Gasteiger partial charge in [-0.05, 0) is 12.8 Å². The molecular formula is C13H20N2O4. The van der Waals surface area contributed by atoms with Gasteiger partial charge in [-0.3, -0.25) is 9.59 Å². The second-order valence-electron chi connectivity index (χ2n) is 5.46. The Bertz CT molecular complexity index is 381. The van der Waals surface area contributed by atoms with Gasteiger partial charge in [0.1, 0.15) is 0 Å². The molecule has 106 valence electrons. The summed E-state index contributed by atoms with van der Waals surface area (Å²) in [4.78, 5) is 26.3. The number of amides is 2. The number of rotatable bonds is 2. The normalized spacial score (nSPS) is 37.4. The van der Waals surface area contributed by atoms with Gasteiger partial charge in [0.05, 0.1) is 30.6 Å². The summed E-state index contributed by atoms with van der Waals surface area (Å²) in [6.07, 6.45) is 1.49. The highest BCUT2D eigenvalue weighted by Gasteiger charge is 2.51. The van der Waals surface area contributed by atoms with Crippen LogP contribution in [0.3, 0.4) is 0 Å². The van der Waals surface area contributed by atoms with Gasteiger partial charge in [-0.25, -0.2) is 0 Å². The lowest BCUT2D eigenvalue weighted by atomic mass is 10.0. The molecular weight excluding hydrogens is 248 g/mol. The van der Waals surface area contributed by atoms with Gasteiger partial charge < -0.3 is 19.7 Å². The van der Waals surface area contributed by atoms with Crippen LogP contribution in [0.5, 0.6) is 0 Å². The maximum absolute atomic E-state index is 12.5. The summed E-state index contributed by atoms with van der Waals surface area (Å²) >= 11 is 0. The molecule has 3 rings (SSSR count). The molecule has 0 saturated carbocycles. The monoisotopic (exact) mass is 268 g/mol. The molecule has 0 spiro atoms. The summed E-state index contributed by atoms with van der Waals surface area (Å²) in [5.74, 6) is -0.173. The van der Waals surface area contributed by atoms with Crippen molar-refractivity contribution in [2.75, 3.05) is 33.4 Å². The Morgan fingerprint density at radius 2 is 2.11 bits per heavy atom. The molecule has 0 aromatic carbocycles. The standard InChI is InChI=1S/C13H20N2O4/c1-14-12(16)9-6-15(10-3-5-19-11(9)10)13(17)8-2-4-18-7-8/h8-11H,2-7H2,1H3,(H,14,16)/t8?,9-,10+,11+/m0/s1. The van der Waals surface area contributed by atoms with Crippen LogP contribution in [-0.2, 0) is 19.1 Å². The molecule has 0 bridgehead atoms. The lowest BCUT2D eigenvalue weighted by Crippen LogP contribution is -2.41. The number of likely N-dealkylation sites (tertiary alicyclic amines) is 1. The Hall–Kier alpha value is -1.14. The molecule has 1 N–H and O–H groups in total. The Kier molecular flexibility index (Phi) is 3.45. The van der Waals surface area contributed by atoms with Crippen LogP contribution in [0.15, 0.2) is 0 Å². The molecule has 19 heavy (non-hydrogen) atoms. The summed E-state index contributed by atoms with van der Waals surface area (Å²) < 4.78 is 11.0. The molecule has 4 atom stereocenters. The molecule has 3 aliphatic rings. The first-order valence-electron chi connectivity index (χ1n) is 6.94. The van der Waals surface area contributed by atoms with E-state index in [1.807, 2.05) is 4.90 Å². The van der Waals surface area contributed by atoms with Crippen LogP contribution in [0.25, 0.3) is 0 Å². The summed E-state index contributed by atoms with van der Waals surface area (Å²) in [6.45, 7) is 2.28. The van der Waals surface area contributed by atoms with E-state index in [0.29, 0.717) is 26.4 Å². The molecule has 3 fully saturated rings. The van der Waals surface area contributed by atoms with Crippen molar-refractivity contribution in [1.82, 2.24) is 10.2 Å². The smallest absolute Gasteiger partial charge is 0.228 e. The second kappa shape index (κ2) is 5.09. The van der Waals surface area contributed by atoms with Crippen molar-refractivity contribution in [1.29, 1.82) is 0 Å². The molecule has 2 amide bonds. The molecule has 6 heteroatoms. The van der Waals surface area contributed by atoms with Crippen molar-refractivity contribution in [2.24, 2.45) is 11.8 Å². The zero-order chi connectivity index (χ0) is 13.4. The van der Waals surface area contributed by atoms with Gasteiger partial charge in [-0.2, -0.15) is 0 Å². The number of nitrogens with zero attached hydrogens (tertiary/aromatic N) is 1. The minimum Gasteiger partial charge on any atom is -0.381 e. The average molecular weight is 268 g/mol. The Morgan fingerprint density at radius 3 is 2.79 bits per heavy atom. The average Bonchev–Trinajstić information content (AvgIpc) is 3.12. The van der Waals surface area contributed by atoms with E-state index >= 15 is 0 Å². The fraction of sp³-hybridized carbons (Fsp3) is 0.846. The zero-order valence-electron chi connectivity index (χ0n) is 11.1. The highest BCUT2D eigenvalue weighted by Crippen LogP contribution is 2.35. The van der Waals surface area contributed by atoms with Gasteiger partial charge in [0.25, 0.3) is 0 Å². The SMILES string of the molecule is CNC(=O)[C@H]1CN(C(=O)C2CCOC2)[C@@H]2CCO[C@H]12. The summed E-state index contributed by atoms with van der Waals surface area (Å²) in [6, 6.07) is 0.0652. The van der Waals surface area contributed by atoms with Gasteiger partial charge >= 0.3 is 0 Å². The van der Waals surface area contributed by atoms with Gasteiger partial charge in [0.2, 0.25) is 11.8 Å². The van der Waals surface area contributed by atoms with Crippen molar-refractivity contribution >= 4 is 11.8 Å². The van der Waals surface area contributed by atoms with Crippen LogP contribution in [0.2, 0.25) is 0 Å². The molecule has 3 saturated heterocycles. The predicted molar refractivity (Wildman–Crippen MR) is 66.3 cm³/mol. The van der Waals surface area contributed by atoms with Gasteiger partial charge in [0, 0.05) is 26.8 Å². The zero-order valence-corrected chi connectivity index (χ0v) is 11.1. The largest absolute Gasteiger partial charge is 0.381 e. The Morgan fingerprint density at radius 1 is 1.26 bits per heavy atom. The van der Waals surface area contributed by atoms with E-state index in [9.17, 15) is 9.59 Å². The van der Waals surface area contributed by atoms with Crippen molar-refractivity contribution in [3.63, 3.8) is 0 Å². The first kappa shape index (κ1) is 12.9. The van der Waals surface area contributed by atoms with E-state index in [-0.39, 0.29) is 35.8 Å². The molecule has 0 aromatic rings. The van der Waals surface area contributed by atoms with E-state index in [1.165, 1.54) is 0 Å². The summed E-state index contributed by atoms with van der Waals surface area (Å²) in [5, 5.41) is 2.67. The molecule has 3 aliphatic heterocycles. The summed E-state index contributed by atoms with van der Waals surface area (Å²) in [7, 11) is 1.63. The number of hydrogen-bond donors (Lipinski definition) is 1. The lowest BCUT2D eigenvalue weighted by Gasteiger charge is -2.25. The van der Waals surface area contributed by atoms with Crippen LogP contribution >= 0.6 is 0 Å². The Balaban J connectivity index is 1.75. The lowest BCUT2D eigenvalue weighted by molar-refractivity contribution is -0.136. The van der Waals surface area contributed by atoms with Crippen LogP contribution in [0.1, 0.15) is 12.8 Å². The van der Waals surface area contributed by atoms with Crippen molar-refractivity contribution in [3.05, 3.63) is 0 Å². The minimum atomic E-state index is -0.233. The number of ether oxygens (including phenoxy) is 2. The van der Waals surface area contributed by atoms with Crippen molar-refractivity contribution < 1.29 is 19.1 Å². The molecule has 6 nitrogen and oxygen atoms in total. The van der Waals surface area contributed by atoms with Crippen LogP contribution < -0.4 is 5.32 Å². The number of nitrogens with one attached hydrogen (secondary N) is 1. The maximum atomic E-state index is 12.5. The van der Waals surface area contributed by atoms with Crippen LogP contribution in [0, 0.1) is 11.8 Å². The number of fused-ring (bicyclic) bond motifs is 1. The third-order valence-corrected chi connectivity index (χ3v) is 4.44. The second-order valence-corrected chi connectivity index (χ2v) is 5.46. The fourth-order valence-corrected chi connectivity index (χ4v) is 3.40. The van der Waals surface area contributed by atoms with E-state index in [2.05, 4.69) is 5.32 Å². The fourth-order valence-electron chi connectivity index (χ4n) is 3.40. The molecule has 1 unspecified atom stereocenters. The van der Waals surface area contributed by atoms with Gasteiger partial charge in [-0.1, -0.05) is 0 Å². The first-order chi connectivity index (χ1) is 9.22. The Labute approximate surface area is 112 Å². The van der Waals surface area contributed by atoms with Crippen molar-refractivity contribution in [2.45, 2.75) is 25.0 Å². The topological polar surface area (TPSA) is 67.9 Å². The number of carbonyl (C=O) groups excluding carboxylic acids is 2. The van der Waals surface area contributed by atoms with Crippen LogP contribution in [0.4, 0.5) is 0 Å². The van der Waals surface area contributed by atoms with E-state index in [0.717, 1.165) is 12.8 Å². The minimum absolute atomic E-state index is 0.0325. The predicted octanol–water partition coefficient (Wildman–Crippen LogP) is -0.615. The van der Waals surface area contributed by atoms with Gasteiger partial charge in [-0.15, -0.1) is 0 Å². The van der Waals surface area contributed by atoms with E-state index < -0.39 is 0 Å². The number of hydrogen-bond acceptors (Lipinski definition) is 4. The highest BCUT2D eigenvalue weighted by atomic mass is 16.5. The molecule has 0 aromatic heterocycles. The molecule has 0 radical (unpaired) electrons. The van der Waals surface area contributed by atoms with E-state index in [4.69, 9.17) is 9.47 Å². The van der Waals surface area contributed by atoms with Gasteiger partial charge in [0.15, 0.2) is 0 Å². The quantitative estimate of drug-likeness (QED) is 0.725. The number of carbonyl (C=O) groups is 2. The highest BCUT2D eigenvalue weighted by molar-refractivity contribution is 5.84. The van der Waals surface area contributed by atoms with E-state index in [1.54, 1.807) is 7.05 Å². The third kappa shape index (κ3) is 2.12. The third-order valence-electron chi connectivity index (χ3n) is 4.44. The first-order valence-corrected chi connectivity index (χ1v) is 6.94. The van der Waals surface area contributed by atoms with Crippen molar-refractivity contribution in [3.8, 4) is 0 Å². The molecule has 0 aliphatic carbocycles. The molecule has 3 heterocycles.